The largest absolute Gasteiger partial charge is 0.445 e. The fraction of sp³-hybridized carbons (Fsp3) is 0.308. The number of hydrogen-bond donors (Lipinski definition) is 2. The molecule has 0 fully saturated rings. The first-order chi connectivity index (χ1) is 12.0. The lowest BCUT2D eigenvalue weighted by Crippen LogP contribution is -2.43. The van der Waals surface area contributed by atoms with Gasteiger partial charge in [0, 0.05) is 5.02 Å². The lowest BCUT2D eigenvalue weighted by Gasteiger charge is -2.16. The summed E-state index contributed by atoms with van der Waals surface area (Å²) in [7, 11) is -4.03. The van der Waals surface area contributed by atoms with E-state index in [4.69, 9.17) is 11.6 Å². The Morgan fingerprint density at radius 1 is 1.27 bits per heavy atom. The number of benzene rings is 1. The van der Waals surface area contributed by atoms with Crippen molar-refractivity contribution in [2.45, 2.75) is 30.5 Å². The molecule has 1 unspecified atom stereocenters. The van der Waals surface area contributed by atoms with Gasteiger partial charge in [-0.2, -0.15) is 17.9 Å². The van der Waals surface area contributed by atoms with Gasteiger partial charge in [-0.1, -0.05) is 29.9 Å². The molecule has 0 spiro atoms. The monoisotopic (exact) mass is 428 g/mol. The van der Waals surface area contributed by atoms with E-state index in [-0.39, 0.29) is 27.8 Å². The van der Waals surface area contributed by atoms with Crippen LogP contribution in [0, 0.1) is 0 Å². The second kappa shape index (κ2) is 7.86. The van der Waals surface area contributed by atoms with Crippen molar-refractivity contribution < 1.29 is 26.4 Å². The number of anilines is 1. The maximum absolute atomic E-state index is 12.5. The fourth-order valence-electron chi connectivity index (χ4n) is 1.77. The van der Waals surface area contributed by atoms with Gasteiger partial charge in [-0.25, -0.2) is 8.42 Å². The van der Waals surface area contributed by atoms with Gasteiger partial charge in [-0.3, -0.25) is 10.1 Å². The molecule has 13 heteroatoms. The standard InChI is InChI=1S/C13H12ClF3N4O3S2/c1-2-9(21-26(23,24)8-5-3-7(14)4-6-8)10(22)18-12-20-19-11(25-12)13(15,16)17/h3-6,9,21H,2H2,1H3,(H,18,20,22). The smallest absolute Gasteiger partial charge is 0.299 e. The lowest BCUT2D eigenvalue weighted by molar-refractivity contribution is -0.138. The quantitative estimate of drug-likeness (QED) is 0.736. The van der Waals surface area contributed by atoms with Crippen LogP contribution in [0.5, 0.6) is 0 Å². The van der Waals surface area contributed by atoms with E-state index in [2.05, 4.69) is 20.2 Å². The van der Waals surface area contributed by atoms with Gasteiger partial charge in [0.2, 0.25) is 26.1 Å². The van der Waals surface area contributed by atoms with Crippen LogP contribution in [0.3, 0.4) is 0 Å². The van der Waals surface area contributed by atoms with Crippen LogP contribution in [0.1, 0.15) is 18.4 Å². The SMILES string of the molecule is CCC(NS(=O)(=O)c1ccc(Cl)cc1)C(=O)Nc1nnc(C(F)(F)F)s1. The molecule has 2 aromatic rings. The zero-order chi connectivity index (χ0) is 19.5. The van der Waals surface area contributed by atoms with E-state index in [1.165, 1.54) is 31.2 Å². The van der Waals surface area contributed by atoms with Gasteiger partial charge in [-0.05, 0) is 30.7 Å². The van der Waals surface area contributed by atoms with Crippen LogP contribution in [0.15, 0.2) is 29.2 Å². The summed E-state index contributed by atoms with van der Waals surface area (Å²) in [5.41, 5.74) is 0. The van der Waals surface area contributed by atoms with E-state index in [9.17, 15) is 26.4 Å². The van der Waals surface area contributed by atoms with Crippen LogP contribution in [0.25, 0.3) is 0 Å². The van der Waals surface area contributed by atoms with E-state index < -0.39 is 33.2 Å². The van der Waals surface area contributed by atoms with Crippen LogP contribution < -0.4 is 10.0 Å². The van der Waals surface area contributed by atoms with E-state index in [1.807, 2.05) is 0 Å². The average Bonchev–Trinajstić information content (AvgIpc) is 3.01. The summed E-state index contributed by atoms with van der Waals surface area (Å²) in [5, 5.41) is 7.02. The molecule has 0 aliphatic heterocycles. The van der Waals surface area contributed by atoms with Crippen molar-refractivity contribution >= 4 is 44.0 Å². The number of hydrogen-bond acceptors (Lipinski definition) is 6. The van der Waals surface area contributed by atoms with Crippen LogP contribution in [0.2, 0.25) is 5.02 Å². The van der Waals surface area contributed by atoms with E-state index in [1.54, 1.807) is 0 Å². The number of halogens is 4. The van der Waals surface area contributed by atoms with E-state index in [0.29, 0.717) is 5.02 Å². The van der Waals surface area contributed by atoms with Crippen LogP contribution in [0.4, 0.5) is 18.3 Å². The summed E-state index contributed by atoms with van der Waals surface area (Å²) in [4.78, 5) is 12.1. The molecule has 1 heterocycles. The Balaban J connectivity index is 2.11. The zero-order valence-electron chi connectivity index (χ0n) is 13.0. The third kappa shape index (κ3) is 5.13. The number of nitrogens with zero attached hydrogens (tertiary/aromatic N) is 2. The van der Waals surface area contributed by atoms with Gasteiger partial charge >= 0.3 is 6.18 Å². The molecule has 0 aliphatic carbocycles. The molecule has 142 valence electrons. The van der Waals surface area contributed by atoms with E-state index >= 15 is 0 Å². The zero-order valence-corrected chi connectivity index (χ0v) is 15.4. The van der Waals surface area contributed by atoms with Crippen molar-refractivity contribution in [2.24, 2.45) is 0 Å². The number of aromatic nitrogens is 2. The Kier molecular flexibility index (Phi) is 6.21. The molecule has 1 aromatic heterocycles. The molecule has 1 amide bonds. The number of carbonyl (C=O) groups excluding carboxylic acids is 1. The Hall–Kier alpha value is -1.76. The highest BCUT2D eigenvalue weighted by Crippen LogP contribution is 2.33. The Bertz CT molecular complexity index is 885. The predicted octanol–water partition coefficient (Wildman–Crippen LogP) is 2.91. The molecular weight excluding hydrogens is 417 g/mol. The highest BCUT2D eigenvalue weighted by Gasteiger charge is 2.36. The maximum atomic E-state index is 12.5. The molecule has 0 radical (unpaired) electrons. The number of nitrogens with one attached hydrogen (secondary N) is 2. The summed E-state index contributed by atoms with van der Waals surface area (Å²) >= 11 is 5.84. The minimum absolute atomic E-state index is 0.0591. The van der Waals surface area contributed by atoms with Crippen molar-refractivity contribution in [3.8, 4) is 0 Å². The molecule has 1 atom stereocenters. The van der Waals surface area contributed by atoms with Crippen molar-refractivity contribution in [1.29, 1.82) is 0 Å². The number of amides is 1. The van der Waals surface area contributed by atoms with Gasteiger partial charge in [0.05, 0.1) is 4.90 Å². The van der Waals surface area contributed by atoms with Crippen molar-refractivity contribution in [3.63, 3.8) is 0 Å². The first-order valence-corrected chi connectivity index (χ1v) is 9.70. The van der Waals surface area contributed by atoms with Gasteiger partial charge in [0.15, 0.2) is 0 Å². The van der Waals surface area contributed by atoms with Crippen molar-refractivity contribution in [2.75, 3.05) is 5.32 Å². The van der Waals surface area contributed by atoms with Crippen LogP contribution in [-0.2, 0) is 21.0 Å². The van der Waals surface area contributed by atoms with Gasteiger partial charge in [0.1, 0.15) is 6.04 Å². The molecule has 0 saturated heterocycles. The van der Waals surface area contributed by atoms with Crippen LogP contribution >= 0.6 is 22.9 Å². The minimum atomic E-state index is -4.68. The Morgan fingerprint density at radius 2 is 1.88 bits per heavy atom. The van der Waals surface area contributed by atoms with Gasteiger partial charge in [-0.15, -0.1) is 10.2 Å². The maximum Gasteiger partial charge on any atom is 0.445 e. The first kappa shape index (κ1) is 20.6. The molecule has 0 saturated carbocycles. The number of sulfonamides is 1. The fourth-order valence-corrected chi connectivity index (χ4v) is 3.79. The topological polar surface area (TPSA) is 101 Å². The van der Waals surface area contributed by atoms with Gasteiger partial charge in [0.25, 0.3) is 0 Å². The highest BCUT2D eigenvalue weighted by atomic mass is 35.5. The lowest BCUT2D eigenvalue weighted by atomic mass is 10.2. The number of rotatable bonds is 6. The first-order valence-electron chi connectivity index (χ1n) is 7.02. The number of alkyl halides is 3. The summed E-state index contributed by atoms with van der Waals surface area (Å²) in [6, 6.07) is 4.05. The summed E-state index contributed by atoms with van der Waals surface area (Å²) in [6.07, 6.45) is -4.62. The third-order valence-electron chi connectivity index (χ3n) is 3.04. The molecule has 2 N–H and O–H groups in total. The Morgan fingerprint density at radius 3 is 2.38 bits per heavy atom. The summed E-state index contributed by atoms with van der Waals surface area (Å²) in [5.74, 6) is -0.852. The molecule has 26 heavy (non-hydrogen) atoms. The normalized spacial score (nSPS) is 13.4. The summed E-state index contributed by atoms with van der Waals surface area (Å²) < 4.78 is 64.3. The van der Waals surface area contributed by atoms with Gasteiger partial charge < -0.3 is 0 Å². The Labute approximate surface area is 155 Å². The van der Waals surface area contributed by atoms with Crippen molar-refractivity contribution in [3.05, 3.63) is 34.3 Å². The molecular formula is C13H12ClF3N4O3S2. The van der Waals surface area contributed by atoms with Crippen molar-refractivity contribution in [1.82, 2.24) is 14.9 Å². The van der Waals surface area contributed by atoms with E-state index in [0.717, 1.165) is 0 Å². The minimum Gasteiger partial charge on any atom is -0.299 e. The molecule has 1 aromatic carbocycles. The molecule has 0 bridgehead atoms. The third-order valence-corrected chi connectivity index (χ3v) is 5.67. The highest BCUT2D eigenvalue weighted by molar-refractivity contribution is 7.89. The molecule has 2 rings (SSSR count). The second-order valence-corrected chi connectivity index (χ2v) is 8.06. The molecule has 0 aliphatic rings. The number of carbonyl (C=O) groups is 1. The summed E-state index contributed by atoms with van der Waals surface area (Å²) in [6.45, 7) is 1.54. The average molecular weight is 429 g/mol. The predicted molar refractivity (Wildman–Crippen MR) is 89.4 cm³/mol. The molecule has 7 nitrogen and oxygen atoms in total. The van der Waals surface area contributed by atoms with Crippen LogP contribution in [-0.4, -0.2) is 30.6 Å². The second-order valence-electron chi connectivity index (χ2n) is 4.94.